The van der Waals surface area contributed by atoms with Crippen molar-refractivity contribution in [1.29, 1.82) is 0 Å². The number of anilines is 1. The third kappa shape index (κ3) is 4.17. The van der Waals surface area contributed by atoms with Crippen LogP contribution < -0.4 is 11.1 Å². The van der Waals surface area contributed by atoms with Crippen molar-refractivity contribution in [3.63, 3.8) is 0 Å². The van der Waals surface area contributed by atoms with Crippen molar-refractivity contribution in [2.45, 2.75) is 13.8 Å². The number of carbonyl (C=O) groups excluding carboxylic acids is 3. The predicted octanol–water partition coefficient (Wildman–Crippen LogP) is 2.26. The summed E-state index contributed by atoms with van der Waals surface area (Å²) in [6, 6.07) is 6.69. The number of nitrogens with one attached hydrogen (secondary N) is 1. The molecule has 0 spiro atoms. The predicted molar refractivity (Wildman–Crippen MR) is 87.7 cm³/mol. The van der Waals surface area contributed by atoms with Gasteiger partial charge in [-0.2, -0.15) is 0 Å². The summed E-state index contributed by atoms with van der Waals surface area (Å²) in [5.74, 6) is -1.75. The Labute approximate surface area is 137 Å². The molecule has 0 atom stereocenters. The third-order valence-electron chi connectivity index (χ3n) is 3.26. The van der Waals surface area contributed by atoms with E-state index in [1.165, 1.54) is 17.4 Å². The van der Waals surface area contributed by atoms with E-state index in [9.17, 15) is 14.4 Å². The van der Waals surface area contributed by atoms with Gasteiger partial charge >= 0.3 is 5.97 Å². The number of benzene rings is 1. The smallest absolute Gasteiger partial charge is 0.338 e. The maximum absolute atomic E-state index is 11.9. The van der Waals surface area contributed by atoms with Crippen LogP contribution in [0.2, 0.25) is 0 Å². The summed E-state index contributed by atoms with van der Waals surface area (Å²) in [6.45, 7) is 3.39. The highest BCUT2D eigenvalue weighted by molar-refractivity contribution is 7.14. The van der Waals surface area contributed by atoms with Crippen LogP contribution in [-0.4, -0.2) is 24.4 Å². The minimum Gasteiger partial charge on any atom is -0.452 e. The standard InChI is InChI=1S/C16H16N2O4S/c1-9-3-4-11(7-10(9)2)16(21)22-8-13(19)18-15-12(14(17)20)5-6-23-15/h3-7H,8H2,1-2H3,(H2,17,20)(H,18,19). The van der Waals surface area contributed by atoms with Gasteiger partial charge < -0.3 is 15.8 Å². The van der Waals surface area contributed by atoms with Crippen molar-refractivity contribution in [2.24, 2.45) is 5.73 Å². The van der Waals surface area contributed by atoms with Gasteiger partial charge in [-0.25, -0.2) is 4.79 Å². The first-order chi connectivity index (χ1) is 10.9. The van der Waals surface area contributed by atoms with Crippen molar-refractivity contribution in [1.82, 2.24) is 0 Å². The zero-order chi connectivity index (χ0) is 17.0. The van der Waals surface area contributed by atoms with Gasteiger partial charge in [-0.15, -0.1) is 11.3 Å². The second kappa shape index (κ2) is 7.06. The van der Waals surface area contributed by atoms with Crippen LogP contribution in [0, 0.1) is 13.8 Å². The Bertz CT molecular complexity index is 767. The quantitative estimate of drug-likeness (QED) is 0.820. The topological polar surface area (TPSA) is 98.5 Å². The maximum atomic E-state index is 11.9. The first-order valence-corrected chi connectivity index (χ1v) is 7.68. The Hall–Kier alpha value is -2.67. The van der Waals surface area contributed by atoms with E-state index in [0.29, 0.717) is 10.6 Å². The third-order valence-corrected chi connectivity index (χ3v) is 4.09. The Morgan fingerprint density at radius 2 is 1.91 bits per heavy atom. The number of primary amides is 1. The Balaban J connectivity index is 1.93. The summed E-state index contributed by atoms with van der Waals surface area (Å²) >= 11 is 1.17. The van der Waals surface area contributed by atoms with Gasteiger partial charge in [0.25, 0.3) is 11.8 Å². The van der Waals surface area contributed by atoms with Gasteiger partial charge in [0.1, 0.15) is 5.00 Å². The van der Waals surface area contributed by atoms with Gasteiger partial charge in [0.2, 0.25) is 0 Å². The SMILES string of the molecule is Cc1ccc(C(=O)OCC(=O)Nc2sccc2C(N)=O)cc1C. The highest BCUT2D eigenvalue weighted by Crippen LogP contribution is 2.22. The Morgan fingerprint density at radius 1 is 1.17 bits per heavy atom. The lowest BCUT2D eigenvalue weighted by atomic mass is 10.1. The van der Waals surface area contributed by atoms with Crippen LogP contribution in [-0.2, 0) is 9.53 Å². The number of rotatable bonds is 5. The van der Waals surface area contributed by atoms with Crippen LogP contribution >= 0.6 is 11.3 Å². The summed E-state index contributed by atoms with van der Waals surface area (Å²) in [5.41, 5.74) is 7.83. The fourth-order valence-electron chi connectivity index (χ4n) is 1.85. The molecule has 0 bridgehead atoms. The molecule has 2 rings (SSSR count). The van der Waals surface area contributed by atoms with Gasteiger partial charge in [0.15, 0.2) is 6.61 Å². The minimum absolute atomic E-state index is 0.226. The molecule has 0 aliphatic carbocycles. The Kier molecular flexibility index (Phi) is 5.13. The van der Waals surface area contributed by atoms with Crippen molar-refractivity contribution in [3.8, 4) is 0 Å². The second-order valence-electron chi connectivity index (χ2n) is 4.95. The lowest BCUT2D eigenvalue weighted by Crippen LogP contribution is -2.22. The maximum Gasteiger partial charge on any atom is 0.338 e. The molecule has 23 heavy (non-hydrogen) atoms. The highest BCUT2D eigenvalue weighted by atomic mass is 32.1. The molecule has 120 valence electrons. The highest BCUT2D eigenvalue weighted by Gasteiger charge is 2.15. The fourth-order valence-corrected chi connectivity index (χ4v) is 2.65. The second-order valence-corrected chi connectivity index (χ2v) is 5.87. The molecule has 7 heteroatoms. The lowest BCUT2D eigenvalue weighted by molar-refractivity contribution is -0.119. The molecule has 6 nitrogen and oxygen atoms in total. The van der Waals surface area contributed by atoms with Gasteiger partial charge in [-0.1, -0.05) is 6.07 Å². The van der Waals surface area contributed by atoms with Crippen molar-refractivity contribution >= 4 is 34.1 Å². The molecule has 0 saturated carbocycles. The van der Waals surface area contributed by atoms with Gasteiger partial charge in [0.05, 0.1) is 11.1 Å². The number of esters is 1. The van der Waals surface area contributed by atoms with Crippen LogP contribution in [0.4, 0.5) is 5.00 Å². The molecule has 0 fully saturated rings. The molecule has 0 radical (unpaired) electrons. The summed E-state index contributed by atoms with van der Waals surface area (Å²) in [4.78, 5) is 34.9. The molecular formula is C16H16N2O4S. The molecule has 1 aromatic heterocycles. The van der Waals surface area contributed by atoms with E-state index < -0.39 is 24.4 Å². The molecular weight excluding hydrogens is 316 g/mol. The largest absolute Gasteiger partial charge is 0.452 e. The van der Waals surface area contributed by atoms with E-state index in [1.807, 2.05) is 19.9 Å². The van der Waals surface area contributed by atoms with E-state index >= 15 is 0 Å². The monoisotopic (exact) mass is 332 g/mol. The summed E-state index contributed by atoms with van der Waals surface area (Å²) in [5, 5.41) is 4.47. The molecule has 2 aromatic rings. The first-order valence-electron chi connectivity index (χ1n) is 6.80. The number of amides is 2. The van der Waals surface area contributed by atoms with Crippen LogP contribution in [0.15, 0.2) is 29.6 Å². The van der Waals surface area contributed by atoms with Crippen LogP contribution in [0.1, 0.15) is 31.8 Å². The van der Waals surface area contributed by atoms with Crippen molar-refractivity contribution in [2.75, 3.05) is 11.9 Å². The zero-order valence-corrected chi connectivity index (χ0v) is 13.5. The number of hydrogen-bond acceptors (Lipinski definition) is 5. The molecule has 0 aliphatic heterocycles. The number of hydrogen-bond donors (Lipinski definition) is 2. The molecule has 1 heterocycles. The summed E-state index contributed by atoms with van der Waals surface area (Å²) in [7, 11) is 0. The molecule has 3 N–H and O–H groups in total. The van der Waals surface area contributed by atoms with Crippen molar-refractivity contribution < 1.29 is 19.1 Å². The first kappa shape index (κ1) is 16.7. The normalized spacial score (nSPS) is 10.2. The number of nitrogens with two attached hydrogens (primary N) is 1. The minimum atomic E-state index is -0.631. The molecule has 0 unspecified atom stereocenters. The van der Waals surface area contributed by atoms with E-state index in [2.05, 4.69) is 5.32 Å². The van der Waals surface area contributed by atoms with E-state index in [-0.39, 0.29) is 5.56 Å². The van der Waals surface area contributed by atoms with E-state index in [0.717, 1.165) is 11.1 Å². The molecule has 2 amide bonds. The Morgan fingerprint density at radius 3 is 2.57 bits per heavy atom. The van der Waals surface area contributed by atoms with Gasteiger partial charge in [0, 0.05) is 0 Å². The van der Waals surface area contributed by atoms with Crippen LogP contribution in [0.25, 0.3) is 0 Å². The molecule has 0 aliphatic rings. The van der Waals surface area contributed by atoms with Gasteiger partial charge in [-0.3, -0.25) is 9.59 Å². The molecule has 0 saturated heterocycles. The van der Waals surface area contributed by atoms with Crippen LogP contribution in [0.3, 0.4) is 0 Å². The number of carbonyl (C=O) groups is 3. The number of aryl methyl sites for hydroxylation is 2. The fraction of sp³-hybridized carbons (Fsp3) is 0.188. The lowest BCUT2D eigenvalue weighted by Gasteiger charge is -2.07. The van der Waals surface area contributed by atoms with Crippen molar-refractivity contribution in [3.05, 3.63) is 51.9 Å². The average Bonchev–Trinajstić information content (AvgIpc) is 2.96. The number of ether oxygens (including phenoxy) is 1. The summed E-state index contributed by atoms with van der Waals surface area (Å²) in [6.07, 6.45) is 0. The molecule has 1 aromatic carbocycles. The van der Waals surface area contributed by atoms with Crippen LogP contribution in [0.5, 0.6) is 0 Å². The van der Waals surface area contributed by atoms with E-state index in [4.69, 9.17) is 10.5 Å². The number of thiophene rings is 1. The average molecular weight is 332 g/mol. The van der Waals surface area contributed by atoms with E-state index in [1.54, 1.807) is 17.5 Å². The summed E-state index contributed by atoms with van der Waals surface area (Å²) < 4.78 is 4.97. The zero-order valence-electron chi connectivity index (χ0n) is 12.7. The van der Waals surface area contributed by atoms with Gasteiger partial charge in [-0.05, 0) is 48.6 Å².